The van der Waals surface area contributed by atoms with Crippen LogP contribution < -0.4 is 11.1 Å². The summed E-state index contributed by atoms with van der Waals surface area (Å²) in [5.74, 6) is -0.509. The molecule has 1 amide bonds. The first-order valence-electron chi connectivity index (χ1n) is 7.31. The number of rotatable bonds is 6. The Kier molecular flexibility index (Phi) is 5.17. The minimum absolute atomic E-state index is 0.116. The molecule has 0 aliphatic rings. The smallest absolute Gasteiger partial charge is 0.263 e. The first-order valence-corrected chi connectivity index (χ1v) is 8.13. The van der Waals surface area contributed by atoms with E-state index >= 15 is 0 Å². The summed E-state index contributed by atoms with van der Waals surface area (Å²) in [6, 6.07) is 4.54. The third-order valence-electron chi connectivity index (χ3n) is 3.51. The van der Waals surface area contributed by atoms with Crippen molar-refractivity contribution in [3.8, 4) is 0 Å². The van der Waals surface area contributed by atoms with E-state index in [0.29, 0.717) is 16.0 Å². The van der Waals surface area contributed by atoms with Crippen LogP contribution in [0.3, 0.4) is 0 Å². The molecule has 0 bridgehead atoms. The number of amides is 1. The van der Waals surface area contributed by atoms with E-state index in [9.17, 15) is 9.18 Å². The average molecular weight is 308 g/mol. The van der Waals surface area contributed by atoms with E-state index in [1.807, 2.05) is 6.92 Å². The van der Waals surface area contributed by atoms with Crippen molar-refractivity contribution >= 4 is 33.0 Å². The highest BCUT2D eigenvalue weighted by molar-refractivity contribution is 7.21. The van der Waals surface area contributed by atoms with Crippen molar-refractivity contribution in [2.45, 2.75) is 45.6 Å². The molecule has 5 heteroatoms. The molecule has 0 saturated heterocycles. The number of thiophene rings is 1. The normalized spacial score (nSPS) is 12.5. The topological polar surface area (TPSA) is 55.1 Å². The van der Waals surface area contributed by atoms with Gasteiger partial charge in [-0.3, -0.25) is 4.79 Å². The van der Waals surface area contributed by atoms with Crippen LogP contribution in [0.2, 0.25) is 0 Å². The van der Waals surface area contributed by atoms with Gasteiger partial charge in [-0.05, 0) is 31.5 Å². The summed E-state index contributed by atoms with van der Waals surface area (Å²) in [6.07, 6.45) is 4.39. The van der Waals surface area contributed by atoms with Gasteiger partial charge in [-0.1, -0.05) is 26.2 Å². The van der Waals surface area contributed by atoms with E-state index in [2.05, 4.69) is 12.2 Å². The summed E-state index contributed by atoms with van der Waals surface area (Å²) in [4.78, 5) is 12.8. The van der Waals surface area contributed by atoms with Gasteiger partial charge in [0.2, 0.25) is 0 Å². The van der Waals surface area contributed by atoms with E-state index in [1.54, 1.807) is 6.07 Å². The van der Waals surface area contributed by atoms with Gasteiger partial charge in [-0.15, -0.1) is 11.3 Å². The molecule has 0 spiro atoms. The van der Waals surface area contributed by atoms with Gasteiger partial charge in [0, 0.05) is 16.1 Å². The number of nitrogens with two attached hydrogens (primary N) is 1. The lowest BCUT2D eigenvalue weighted by Crippen LogP contribution is -2.32. The highest BCUT2D eigenvalue weighted by Crippen LogP contribution is 2.34. The first-order chi connectivity index (χ1) is 10.0. The van der Waals surface area contributed by atoms with Crippen molar-refractivity contribution in [1.29, 1.82) is 0 Å². The number of fused-ring (bicyclic) bond motifs is 1. The van der Waals surface area contributed by atoms with E-state index in [0.717, 1.165) is 24.0 Å². The molecule has 2 rings (SSSR count). The average Bonchev–Trinajstić information content (AvgIpc) is 2.76. The molecule has 114 valence electrons. The summed E-state index contributed by atoms with van der Waals surface area (Å²) < 4.78 is 14.1. The van der Waals surface area contributed by atoms with Gasteiger partial charge < -0.3 is 11.1 Å². The van der Waals surface area contributed by atoms with Gasteiger partial charge in [0.25, 0.3) is 5.91 Å². The Bertz CT molecular complexity index is 638. The van der Waals surface area contributed by atoms with Gasteiger partial charge >= 0.3 is 0 Å². The Morgan fingerprint density at radius 3 is 2.90 bits per heavy atom. The maximum absolute atomic E-state index is 13.3. The first kappa shape index (κ1) is 15.8. The molecule has 1 aromatic heterocycles. The van der Waals surface area contributed by atoms with Crippen molar-refractivity contribution in [2.24, 2.45) is 0 Å². The van der Waals surface area contributed by atoms with E-state index in [1.165, 1.54) is 29.9 Å². The number of anilines is 1. The zero-order valence-electron chi connectivity index (χ0n) is 12.4. The predicted molar refractivity (Wildman–Crippen MR) is 87.3 cm³/mol. The fourth-order valence-corrected chi connectivity index (χ4v) is 3.33. The Morgan fingerprint density at radius 1 is 1.43 bits per heavy atom. The van der Waals surface area contributed by atoms with Crippen molar-refractivity contribution in [3.05, 3.63) is 28.9 Å². The molecule has 0 radical (unpaired) electrons. The fraction of sp³-hybridized carbons (Fsp3) is 0.438. The molecule has 1 atom stereocenters. The second-order valence-corrected chi connectivity index (χ2v) is 6.41. The summed E-state index contributed by atoms with van der Waals surface area (Å²) in [5.41, 5.74) is 6.36. The fourth-order valence-electron chi connectivity index (χ4n) is 2.32. The van der Waals surface area contributed by atoms with Crippen LogP contribution in [0.1, 0.15) is 49.2 Å². The lowest BCUT2D eigenvalue weighted by atomic mass is 10.1. The number of benzene rings is 1. The molecule has 0 aliphatic heterocycles. The molecule has 21 heavy (non-hydrogen) atoms. The Morgan fingerprint density at radius 2 is 2.19 bits per heavy atom. The Hall–Kier alpha value is -1.62. The van der Waals surface area contributed by atoms with Crippen LogP contribution in [0.4, 0.5) is 10.1 Å². The standard InChI is InChI=1S/C16H21FN2OS/c1-3-4-5-6-10(2)19-16(20)15-14(18)12-9-11(17)7-8-13(12)21-15/h7-10H,3-6,18H2,1-2H3,(H,19,20). The van der Waals surface area contributed by atoms with Crippen LogP contribution in [-0.4, -0.2) is 11.9 Å². The molecular weight excluding hydrogens is 287 g/mol. The van der Waals surface area contributed by atoms with Crippen LogP contribution in [0.25, 0.3) is 10.1 Å². The molecule has 2 aromatic rings. The number of unbranched alkanes of at least 4 members (excludes halogenated alkanes) is 2. The third-order valence-corrected chi connectivity index (χ3v) is 4.70. The zero-order chi connectivity index (χ0) is 15.4. The van der Waals surface area contributed by atoms with Crippen LogP contribution in [0.15, 0.2) is 18.2 Å². The minimum atomic E-state index is -0.341. The summed E-state index contributed by atoms with van der Waals surface area (Å²) in [5, 5.41) is 3.58. The quantitative estimate of drug-likeness (QED) is 0.781. The highest BCUT2D eigenvalue weighted by atomic mass is 32.1. The molecule has 1 unspecified atom stereocenters. The molecule has 0 saturated carbocycles. The van der Waals surface area contributed by atoms with Crippen LogP contribution in [-0.2, 0) is 0 Å². The number of nitrogens with one attached hydrogen (secondary N) is 1. The summed E-state index contributed by atoms with van der Waals surface area (Å²) in [6.45, 7) is 4.15. The maximum Gasteiger partial charge on any atom is 0.263 e. The van der Waals surface area contributed by atoms with E-state index < -0.39 is 0 Å². The van der Waals surface area contributed by atoms with Crippen molar-refractivity contribution in [3.63, 3.8) is 0 Å². The molecule has 1 aromatic carbocycles. The molecule has 0 fully saturated rings. The largest absolute Gasteiger partial charge is 0.397 e. The number of carbonyl (C=O) groups is 1. The Labute approximate surface area is 128 Å². The molecular formula is C16H21FN2OS. The number of hydrogen-bond donors (Lipinski definition) is 2. The lowest BCUT2D eigenvalue weighted by Gasteiger charge is -2.13. The number of carbonyl (C=O) groups excluding carboxylic acids is 1. The van der Waals surface area contributed by atoms with Crippen LogP contribution >= 0.6 is 11.3 Å². The van der Waals surface area contributed by atoms with Crippen molar-refractivity contribution < 1.29 is 9.18 Å². The van der Waals surface area contributed by atoms with Gasteiger partial charge in [-0.2, -0.15) is 0 Å². The second-order valence-electron chi connectivity index (χ2n) is 5.36. The molecule has 3 nitrogen and oxygen atoms in total. The third kappa shape index (κ3) is 3.73. The minimum Gasteiger partial charge on any atom is -0.397 e. The maximum atomic E-state index is 13.3. The van der Waals surface area contributed by atoms with Gasteiger partial charge in [0.15, 0.2) is 0 Å². The SMILES string of the molecule is CCCCCC(C)NC(=O)c1sc2ccc(F)cc2c1N. The number of hydrogen-bond acceptors (Lipinski definition) is 3. The lowest BCUT2D eigenvalue weighted by molar-refractivity contribution is 0.0943. The van der Waals surface area contributed by atoms with Crippen LogP contribution in [0.5, 0.6) is 0 Å². The second kappa shape index (κ2) is 6.89. The monoisotopic (exact) mass is 308 g/mol. The van der Waals surface area contributed by atoms with Gasteiger partial charge in [0.05, 0.1) is 5.69 Å². The van der Waals surface area contributed by atoms with Crippen molar-refractivity contribution in [1.82, 2.24) is 5.32 Å². The summed E-state index contributed by atoms with van der Waals surface area (Å²) in [7, 11) is 0. The molecule has 1 heterocycles. The van der Waals surface area contributed by atoms with E-state index in [4.69, 9.17) is 5.73 Å². The highest BCUT2D eigenvalue weighted by Gasteiger charge is 2.18. The Balaban J connectivity index is 2.10. The number of nitrogen functional groups attached to an aromatic ring is 1. The van der Waals surface area contributed by atoms with Gasteiger partial charge in [0.1, 0.15) is 10.7 Å². The predicted octanol–water partition coefficient (Wildman–Crippen LogP) is 4.32. The van der Waals surface area contributed by atoms with Gasteiger partial charge in [-0.25, -0.2) is 4.39 Å². The van der Waals surface area contributed by atoms with E-state index in [-0.39, 0.29) is 17.8 Å². The van der Waals surface area contributed by atoms with Crippen LogP contribution in [0, 0.1) is 5.82 Å². The zero-order valence-corrected chi connectivity index (χ0v) is 13.2. The van der Waals surface area contributed by atoms with Crippen molar-refractivity contribution in [2.75, 3.05) is 5.73 Å². The summed E-state index contributed by atoms with van der Waals surface area (Å²) >= 11 is 1.31. The number of halogens is 1. The molecule has 3 N–H and O–H groups in total. The molecule has 0 aliphatic carbocycles.